The molecule has 4 rings (SSSR count). The summed E-state index contributed by atoms with van der Waals surface area (Å²) in [5, 5.41) is 19.2. The standard InChI is InChI=1S/C31H40BN5O2/c1-31(2,3)28-22-35(18-19-37(28)29(38)20-23-14-16-36(17-15-23)32(4)39)30(25-8-6-24(21-33)7-9-25)26-10-12-27(34-5)13-11-26/h6-13,23,28,30,39H,14-20,22H2,1-4H3/t28-,30?/m1/s1. The molecule has 0 saturated carbocycles. The highest BCUT2D eigenvalue weighted by Crippen LogP contribution is 2.36. The van der Waals surface area contributed by atoms with Crippen LogP contribution in [0.4, 0.5) is 5.69 Å². The van der Waals surface area contributed by atoms with Gasteiger partial charge in [0.2, 0.25) is 5.91 Å². The topological polar surface area (TPSA) is 75.2 Å². The number of hydrogen-bond acceptors (Lipinski definition) is 5. The predicted molar refractivity (Wildman–Crippen MR) is 155 cm³/mol. The van der Waals surface area contributed by atoms with E-state index in [2.05, 4.69) is 46.3 Å². The molecular weight excluding hydrogens is 485 g/mol. The van der Waals surface area contributed by atoms with Gasteiger partial charge in [0, 0.05) is 32.1 Å². The van der Waals surface area contributed by atoms with E-state index in [4.69, 9.17) is 6.57 Å². The van der Waals surface area contributed by atoms with Gasteiger partial charge in [0.15, 0.2) is 5.69 Å². The van der Waals surface area contributed by atoms with Crippen LogP contribution >= 0.6 is 0 Å². The summed E-state index contributed by atoms with van der Waals surface area (Å²) in [7, 11) is -0.429. The molecule has 2 aliphatic rings. The van der Waals surface area contributed by atoms with Gasteiger partial charge in [-0.25, -0.2) is 4.85 Å². The van der Waals surface area contributed by atoms with Gasteiger partial charge in [0.1, 0.15) is 0 Å². The summed E-state index contributed by atoms with van der Waals surface area (Å²) < 4.78 is 0. The number of piperazine rings is 1. The van der Waals surface area contributed by atoms with Crippen LogP contribution in [0.25, 0.3) is 4.85 Å². The lowest BCUT2D eigenvalue weighted by atomic mass is 9.80. The number of rotatable bonds is 6. The lowest BCUT2D eigenvalue weighted by molar-refractivity contribution is -0.141. The summed E-state index contributed by atoms with van der Waals surface area (Å²) in [6.07, 6.45) is 2.45. The molecule has 2 aromatic carbocycles. The van der Waals surface area contributed by atoms with Gasteiger partial charge in [0.05, 0.1) is 24.2 Å². The zero-order valence-corrected chi connectivity index (χ0v) is 23.7. The molecule has 2 aliphatic heterocycles. The van der Waals surface area contributed by atoms with E-state index in [1.165, 1.54) is 0 Å². The Bertz CT molecular complexity index is 1140. The first-order valence-electron chi connectivity index (χ1n) is 14.0. The Balaban J connectivity index is 1.55. The molecule has 0 aliphatic carbocycles. The Kier molecular flexibility index (Phi) is 9.13. The predicted octanol–water partition coefficient (Wildman–Crippen LogP) is 4.97. The summed E-state index contributed by atoms with van der Waals surface area (Å²) in [5.41, 5.74) is 3.33. The van der Waals surface area contributed by atoms with Crippen LogP contribution in [0.1, 0.15) is 62.8 Å². The van der Waals surface area contributed by atoms with E-state index in [-0.39, 0.29) is 23.4 Å². The molecule has 2 saturated heterocycles. The number of nitrogens with zero attached hydrogens (tertiary/aromatic N) is 5. The first kappa shape index (κ1) is 28.8. The lowest BCUT2D eigenvalue weighted by Gasteiger charge is -2.50. The molecule has 2 aromatic rings. The molecule has 7 nitrogen and oxygen atoms in total. The molecular formula is C31H40BN5O2. The molecule has 2 fully saturated rings. The van der Waals surface area contributed by atoms with Gasteiger partial charge < -0.3 is 14.7 Å². The first-order valence-corrected chi connectivity index (χ1v) is 14.0. The molecule has 1 amide bonds. The maximum Gasteiger partial charge on any atom is 0.376 e. The van der Waals surface area contributed by atoms with Gasteiger partial charge in [-0.15, -0.1) is 0 Å². The maximum atomic E-state index is 13.7. The van der Waals surface area contributed by atoms with Crippen molar-refractivity contribution in [2.75, 3.05) is 32.7 Å². The van der Waals surface area contributed by atoms with Crippen molar-refractivity contribution in [1.82, 2.24) is 14.6 Å². The van der Waals surface area contributed by atoms with Crippen LogP contribution in [0, 0.1) is 29.2 Å². The fourth-order valence-electron chi connectivity index (χ4n) is 6.06. The van der Waals surface area contributed by atoms with Crippen LogP contribution in [0.5, 0.6) is 0 Å². The van der Waals surface area contributed by atoms with E-state index in [1.807, 2.05) is 55.4 Å². The minimum atomic E-state index is -0.429. The molecule has 0 spiro atoms. The smallest absolute Gasteiger partial charge is 0.376 e. The lowest BCUT2D eigenvalue weighted by Crippen LogP contribution is -2.60. The summed E-state index contributed by atoms with van der Waals surface area (Å²) in [6.45, 7) is 19.6. The fraction of sp³-hybridized carbons (Fsp3) is 0.516. The van der Waals surface area contributed by atoms with E-state index in [9.17, 15) is 15.1 Å². The van der Waals surface area contributed by atoms with Gasteiger partial charge >= 0.3 is 7.05 Å². The molecule has 8 heteroatoms. The van der Waals surface area contributed by atoms with Crippen molar-refractivity contribution < 1.29 is 9.82 Å². The van der Waals surface area contributed by atoms with Crippen LogP contribution in [-0.4, -0.2) is 71.4 Å². The van der Waals surface area contributed by atoms with Crippen molar-refractivity contribution in [2.24, 2.45) is 11.3 Å². The van der Waals surface area contributed by atoms with Crippen molar-refractivity contribution in [3.8, 4) is 6.07 Å². The van der Waals surface area contributed by atoms with E-state index in [1.54, 1.807) is 0 Å². The molecule has 204 valence electrons. The van der Waals surface area contributed by atoms with Gasteiger partial charge in [0.25, 0.3) is 0 Å². The number of hydrogen-bond donors (Lipinski definition) is 1. The second kappa shape index (κ2) is 12.3. The van der Waals surface area contributed by atoms with E-state index in [0.717, 1.165) is 50.1 Å². The Labute approximate surface area is 234 Å². The largest absolute Gasteiger partial charge is 0.437 e. The fourth-order valence-corrected chi connectivity index (χ4v) is 6.06. The number of benzene rings is 2. The Morgan fingerprint density at radius 3 is 2.18 bits per heavy atom. The minimum Gasteiger partial charge on any atom is -0.437 e. The van der Waals surface area contributed by atoms with Crippen LogP contribution in [0.2, 0.25) is 6.82 Å². The highest BCUT2D eigenvalue weighted by molar-refractivity contribution is 6.45. The van der Waals surface area contributed by atoms with Crippen LogP contribution in [-0.2, 0) is 4.79 Å². The van der Waals surface area contributed by atoms with Crippen molar-refractivity contribution in [2.45, 2.75) is 58.9 Å². The Morgan fingerprint density at radius 1 is 1.08 bits per heavy atom. The normalized spacial score (nSPS) is 20.2. The molecule has 0 aromatic heterocycles. The second-order valence-electron chi connectivity index (χ2n) is 12.1. The molecule has 1 unspecified atom stereocenters. The minimum absolute atomic E-state index is 0.0376. The van der Waals surface area contributed by atoms with Crippen LogP contribution in [0.15, 0.2) is 48.5 Å². The van der Waals surface area contributed by atoms with E-state index < -0.39 is 7.05 Å². The van der Waals surface area contributed by atoms with Gasteiger partial charge in [-0.1, -0.05) is 57.2 Å². The molecule has 0 radical (unpaired) electrons. The van der Waals surface area contributed by atoms with E-state index >= 15 is 0 Å². The molecule has 39 heavy (non-hydrogen) atoms. The number of carbonyl (C=O) groups is 1. The Morgan fingerprint density at radius 2 is 1.67 bits per heavy atom. The number of nitriles is 1. The third kappa shape index (κ3) is 6.89. The maximum absolute atomic E-state index is 13.7. The van der Waals surface area contributed by atoms with Gasteiger partial charge in [-0.3, -0.25) is 9.69 Å². The summed E-state index contributed by atoms with van der Waals surface area (Å²) in [6, 6.07) is 17.8. The summed E-state index contributed by atoms with van der Waals surface area (Å²) in [4.78, 5) is 23.9. The number of carbonyl (C=O) groups excluding carboxylic acids is 1. The van der Waals surface area contributed by atoms with Crippen molar-refractivity contribution in [1.29, 1.82) is 5.26 Å². The summed E-state index contributed by atoms with van der Waals surface area (Å²) >= 11 is 0. The number of piperidine rings is 1. The zero-order valence-electron chi connectivity index (χ0n) is 23.7. The zero-order chi connectivity index (χ0) is 28.2. The van der Waals surface area contributed by atoms with Crippen LogP contribution in [0.3, 0.4) is 0 Å². The third-order valence-corrected chi connectivity index (χ3v) is 8.43. The molecule has 2 heterocycles. The third-order valence-electron chi connectivity index (χ3n) is 8.43. The van der Waals surface area contributed by atoms with E-state index in [0.29, 0.717) is 30.1 Å². The molecule has 0 bridgehead atoms. The first-order chi connectivity index (χ1) is 18.6. The highest BCUT2D eigenvalue weighted by Gasteiger charge is 2.40. The van der Waals surface area contributed by atoms with Crippen molar-refractivity contribution in [3.63, 3.8) is 0 Å². The van der Waals surface area contributed by atoms with Crippen molar-refractivity contribution in [3.05, 3.63) is 76.6 Å². The highest BCUT2D eigenvalue weighted by atomic mass is 16.2. The van der Waals surface area contributed by atoms with Crippen molar-refractivity contribution >= 4 is 18.6 Å². The second-order valence-corrected chi connectivity index (χ2v) is 12.1. The Hall–Kier alpha value is -3.17. The average molecular weight is 526 g/mol. The monoisotopic (exact) mass is 525 g/mol. The average Bonchev–Trinajstić information content (AvgIpc) is 2.93. The molecule has 1 N–H and O–H groups in total. The van der Waals surface area contributed by atoms with Gasteiger partial charge in [-0.2, -0.15) is 5.26 Å². The quantitative estimate of drug-likeness (QED) is 0.426. The summed E-state index contributed by atoms with van der Waals surface area (Å²) in [5.74, 6) is 0.597. The SMILES string of the molecule is [C-]#[N+]c1ccc(C(c2ccc(C#N)cc2)N2CCN(C(=O)CC3CCN(B(C)O)CC3)[C@@H](C(C)(C)C)C2)cc1. The van der Waals surface area contributed by atoms with Gasteiger partial charge in [-0.05, 0) is 67.3 Å². The number of amides is 1. The molecule has 2 atom stereocenters. The van der Waals surface area contributed by atoms with Crippen LogP contribution < -0.4 is 0 Å².